The van der Waals surface area contributed by atoms with E-state index in [2.05, 4.69) is 11.9 Å². The van der Waals surface area contributed by atoms with Crippen LogP contribution in [0.1, 0.15) is 18.9 Å². The molecule has 0 unspecified atom stereocenters. The lowest BCUT2D eigenvalue weighted by molar-refractivity contribution is -0.384. The molecule has 0 bridgehead atoms. The highest BCUT2D eigenvalue weighted by molar-refractivity contribution is 6.29. The van der Waals surface area contributed by atoms with Crippen LogP contribution < -0.4 is 0 Å². The Balaban J connectivity index is 2.38. The van der Waals surface area contributed by atoms with E-state index < -0.39 is 4.92 Å². The van der Waals surface area contributed by atoms with Crippen molar-refractivity contribution in [3.8, 4) is 11.3 Å². The van der Waals surface area contributed by atoms with Gasteiger partial charge < -0.3 is 0 Å². The third-order valence-electron chi connectivity index (χ3n) is 2.78. The van der Waals surface area contributed by atoms with Crippen LogP contribution in [-0.2, 0) is 6.42 Å². The molecule has 19 heavy (non-hydrogen) atoms. The van der Waals surface area contributed by atoms with E-state index in [1.807, 2.05) is 24.3 Å². The van der Waals surface area contributed by atoms with Gasteiger partial charge in [-0.25, -0.2) is 4.98 Å². The summed E-state index contributed by atoms with van der Waals surface area (Å²) in [4.78, 5) is 14.4. The van der Waals surface area contributed by atoms with Gasteiger partial charge in [0, 0.05) is 11.6 Å². The van der Waals surface area contributed by atoms with E-state index in [1.54, 1.807) is 0 Å². The fourth-order valence-corrected chi connectivity index (χ4v) is 2.07. The maximum absolute atomic E-state index is 10.8. The van der Waals surface area contributed by atoms with Crippen LogP contribution in [0, 0.1) is 10.1 Å². The summed E-state index contributed by atoms with van der Waals surface area (Å²) in [6.07, 6.45) is 2.10. The van der Waals surface area contributed by atoms with Gasteiger partial charge in [0.05, 0.1) is 16.7 Å². The largest absolute Gasteiger partial charge is 0.274 e. The Kier molecular flexibility index (Phi) is 4.12. The van der Waals surface area contributed by atoms with Gasteiger partial charge in [-0.05, 0) is 12.0 Å². The van der Waals surface area contributed by atoms with Crippen LogP contribution in [-0.4, -0.2) is 9.91 Å². The lowest BCUT2D eigenvalue weighted by atomic mass is 10.1. The molecule has 0 fully saturated rings. The Bertz CT molecular complexity index is 597. The van der Waals surface area contributed by atoms with Gasteiger partial charge >= 0.3 is 0 Å². The van der Waals surface area contributed by atoms with E-state index in [0.717, 1.165) is 18.4 Å². The number of aromatic nitrogens is 1. The number of hydrogen-bond donors (Lipinski definition) is 0. The molecule has 4 nitrogen and oxygen atoms in total. The molecular weight excluding hydrogens is 264 g/mol. The molecule has 2 rings (SSSR count). The zero-order chi connectivity index (χ0) is 13.8. The SMILES string of the molecule is CCCc1ccc(-c2cc([N+](=O)[O-])cc(Cl)n2)cc1. The second-order valence-electron chi connectivity index (χ2n) is 4.24. The molecule has 0 aliphatic rings. The molecule has 0 atom stereocenters. The van der Waals surface area contributed by atoms with Crippen molar-refractivity contribution in [3.05, 3.63) is 57.2 Å². The number of pyridine rings is 1. The second-order valence-corrected chi connectivity index (χ2v) is 4.62. The zero-order valence-electron chi connectivity index (χ0n) is 10.5. The number of benzene rings is 1. The summed E-state index contributed by atoms with van der Waals surface area (Å²) in [6.45, 7) is 2.12. The molecule has 0 aliphatic heterocycles. The predicted molar refractivity (Wildman–Crippen MR) is 75.3 cm³/mol. The number of aryl methyl sites for hydroxylation is 1. The van der Waals surface area contributed by atoms with Crippen LogP contribution in [0.4, 0.5) is 5.69 Å². The van der Waals surface area contributed by atoms with Crippen LogP contribution in [0.2, 0.25) is 5.15 Å². The van der Waals surface area contributed by atoms with Crippen molar-refractivity contribution in [2.45, 2.75) is 19.8 Å². The van der Waals surface area contributed by atoms with Gasteiger partial charge in [-0.1, -0.05) is 49.2 Å². The first-order valence-electron chi connectivity index (χ1n) is 6.01. The van der Waals surface area contributed by atoms with E-state index >= 15 is 0 Å². The molecule has 0 amide bonds. The maximum atomic E-state index is 10.8. The van der Waals surface area contributed by atoms with Gasteiger partial charge in [0.2, 0.25) is 0 Å². The minimum Gasteiger partial charge on any atom is -0.258 e. The number of nitro groups is 1. The Labute approximate surface area is 116 Å². The van der Waals surface area contributed by atoms with Crippen molar-refractivity contribution in [1.29, 1.82) is 0 Å². The van der Waals surface area contributed by atoms with Crippen LogP contribution in [0.25, 0.3) is 11.3 Å². The molecule has 98 valence electrons. The van der Waals surface area contributed by atoms with Gasteiger partial charge in [0.25, 0.3) is 5.69 Å². The molecule has 0 radical (unpaired) electrons. The van der Waals surface area contributed by atoms with Crippen molar-refractivity contribution < 1.29 is 4.92 Å². The van der Waals surface area contributed by atoms with Crippen molar-refractivity contribution in [1.82, 2.24) is 4.98 Å². The Morgan fingerprint density at radius 1 is 1.26 bits per heavy atom. The lowest BCUT2D eigenvalue weighted by Gasteiger charge is -2.04. The highest BCUT2D eigenvalue weighted by Crippen LogP contribution is 2.25. The van der Waals surface area contributed by atoms with E-state index in [1.165, 1.54) is 17.7 Å². The van der Waals surface area contributed by atoms with Crippen LogP contribution in [0.3, 0.4) is 0 Å². The van der Waals surface area contributed by atoms with E-state index in [0.29, 0.717) is 5.69 Å². The van der Waals surface area contributed by atoms with E-state index in [4.69, 9.17) is 11.6 Å². The van der Waals surface area contributed by atoms with Gasteiger partial charge in [-0.2, -0.15) is 0 Å². The molecule has 0 spiro atoms. The monoisotopic (exact) mass is 276 g/mol. The van der Waals surface area contributed by atoms with Crippen LogP contribution in [0.15, 0.2) is 36.4 Å². The van der Waals surface area contributed by atoms with Crippen LogP contribution in [0.5, 0.6) is 0 Å². The Morgan fingerprint density at radius 3 is 2.53 bits per heavy atom. The predicted octanol–water partition coefficient (Wildman–Crippen LogP) is 4.26. The molecule has 0 N–H and O–H groups in total. The molecule has 0 saturated heterocycles. The fourth-order valence-electron chi connectivity index (χ4n) is 1.87. The third kappa shape index (κ3) is 3.29. The number of nitrogens with zero attached hydrogens (tertiary/aromatic N) is 2. The van der Waals surface area contributed by atoms with E-state index in [-0.39, 0.29) is 10.8 Å². The first kappa shape index (κ1) is 13.5. The lowest BCUT2D eigenvalue weighted by Crippen LogP contribution is -1.92. The van der Waals surface area contributed by atoms with Gasteiger partial charge in [-0.3, -0.25) is 10.1 Å². The number of halogens is 1. The Morgan fingerprint density at radius 2 is 1.95 bits per heavy atom. The summed E-state index contributed by atoms with van der Waals surface area (Å²) in [7, 11) is 0. The average molecular weight is 277 g/mol. The van der Waals surface area contributed by atoms with Gasteiger partial charge in [-0.15, -0.1) is 0 Å². The van der Waals surface area contributed by atoms with Crippen molar-refractivity contribution in [3.63, 3.8) is 0 Å². The normalized spacial score (nSPS) is 10.4. The van der Waals surface area contributed by atoms with Crippen molar-refractivity contribution in [2.24, 2.45) is 0 Å². The summed E-state index contributed by atoms with van der Waals surface area (Å²) in [6, 6.07) is 10.5. The quantitative estimate of drug-likeness (QED) is 0.476. The Hall–Kier alpha value is -1.94. The van der Waals surface area contributed by atoms with Crippen LogP contribution >= 0.6 is 11.6 Å². The first-order valence-corrected chi connectivity index (χ1v) is 6.39. The summed E-state index contributed by atoms with van der Waals surface area (Å²) >= 11 is 5.81. The zero-order valence-corrected chi connectivity index (χ0v) is 11.2. The second kappa shape index (κ2) is 5.80. The molecule has 2 aromatic rings. The first-order chi connectivity index (χ1) is 9.10. The highest BCUT2D eigenvalue weighted by Gasteiger charge is 2.11. The average Bonchev–Trinajstić information content (AvgIpc) is 2.39. The fraction of sp³-hybridized carbons (Fsp3) is 0.214. The molecule has 1 aromatic carbocycles. The summed E-state index contributed by atoms with van der Waals surface area (Å²) < 4.78 is 0. The molecule has 1 aromatic heterocycles. The summed E-state index contributed by atoms with van der Waals surface area (Å²) in [5, 5.41) is 10.9. The van der Waals surface area contributed by atoms with Gasteiger partial charge in [0.15, 0.2) is 0 Å². The number of rotatable bonds is 4. The topological polar surface area (TPSA) is 56.0 Å². The smallest absolute Gasteiger partial charge is 0.258 e. The maximum Gasteiger partial charge on any atom is 0.274 e. The molecular formula is C14H13ClN2O2. The van der Waals surface area contributed by atoms with Gasteiger partial charge in [0.1, 0.15) is 5.15 Å². The molecule has 1 heterocycles. The van der Waals surface area contributed by atoms with Crippen molar-refractivity contribution in [2.75, 3.05) is 0 Å². The standard InChI is InChI=1S/C14H13ClN2O2/c1-2-3-10-4-6-11(7-5-10)13-8-12(17(18)19)9-14(15)16-13/h4-9H,2-3H2,1H3. The van der Waals surface area contributed by atoms with E-state index in [9.17, 15) is 10.1 Å². The molecule has 0 saturated carbocycles. The summed E-state index contributed by atoms with van der Waals surface area (Å²) in [5.41, 5.74) is 2.53. The molecule has 5 heteroatoms. The number of hydrogen-bond acceptors (Lipinski definition) is 3. The minimum atomic E-state index is -0.470. The summed E-state index contributed by atoms with van der Waals surface area (Å²) in [5.74, 6) is 0. The highest BCUT2D eigenvalue weighted by atomic mass is 35.5. The minimum absolute atomic E-state index is 0.0485. The third-order valence-corrected chi connectivity index (χ3v) is 2.97. The van der Waals surface area contributed by atoms with Crippen molar-refractivity contribution >= 4 is 17.3 Å². The molecule has 0 aliphatic carbocycles.